The van der Waals surface area contributed by atoms with Crippen molar-refractivity contribution < 1.29 is 0 Å². The number of aryl methyl sites for hydroxylation is 1. The number of aromatic nitrogens is 2. The van der Waals surface area contributed by atoms with Crippen molar-refractivity contribution in [2.45, 2.75) is 25.6 Å². The average molecular weight is 156 g/mol. The maximum absolute atomic E-state index is 4.30. The van der Waals surface area contributed by atoms with Crippen molar-refractivity contribution in [1.29, 1.82) is 0 Å². The zero-order chi connectivity index (χ0) is 7.56. The first-order valence-corrected chi connectivity index (χ1v) is 3.97. The number of rotatable bonds is 2. The summed E-state index contributed by atoms with van der Waals surface area (Å²) in [4.78, 5) is 4.17. The minimum atomic E-state index is 0.234. The minimum Gasteiger partial charge on any atom is -0.323 e. The quantitative estimate of drug-likeness (QED) is 0.647. The number of hydrogen-bond acceptors (Lipinski definition) is 2. The molecule has 0 spiro atoms. The molecule has 0 bridgehead atoms. The Bertz CT molecular complexity index is 205. The third-order valence-electron chi connectivity index (χ3n) is 1.47. The van der Waals surface area contributed by atoms with Crippen LogP contribution >= 0.6 is 12.6 Å². The van der Waals surface area contributed by atoms with Gasteiger partial charge in [-0.15, -0.1) is 0 Å². The van der Waals surface area contributed by atoms with E-state index in [0.717, 1.165) is 12.2 Å². The van der Waals surface area contributed by atoms with Gasteiger partial charge in [0.2, 0.25) is 0 Å². The highest BCUT2D eigenvalue weighted by Gasteiger charge is 2.02. The van der Waals surface area contributed by atoms with Gasteiger partial charge in [0.1, 0.15) is 5.82 Å². The van der Waals surface area contributed by atoms with Crippen LogP contribution in [-0.2, 0) is 6.42 Å². The zero-order valence-corrected chi connectivity index (χ0v) is 7.18. The molecule has 0 aromatic carbocycles. The maximum atomic E-state index is 4.30. The monoisotopic (exact) mass is 156 g/mol. The fraction of sp³-hybridized carbons (Fsp3) is 0.571. The normalized spacial score (nSPS) is 13.5. The number of nitrogens with zero attached hydrogens (tertiary/aromatic N) is 2. The Morgan fingerprint density at radius 2 is 2.50 bits per heavy atom. The second-order valence-electron chi connectivity index (χ2n) is 2.24. The summed E-state index contributed by atoms with van der Waals surface area (Å²) in [7, 11) is 0. The van der Waals surface area contributed by atoms with E-state index in [4.69, 9.17) is 0 Å². The van der Waals surface area contributed by atoms with Crippen LogP contribution in [0, 0.1) is 0 Å². The van der Waals surface area contributed by atoms with Crippen molar-refractivity contribution in [3.05, 3.63) is 18.2 Å². The molecule has 0 saturated carbocycles. The highest BCUT2D eigenvalue weighted by atomic mass is 32.1. The lowest BCUT2D eigenvalue weighted by atomic mass is 10.4. The van der Waals surface area contributed by atoms with Crippen molar-refractivity contribution in [1.82, 2.24) is 9.55 Å². The molecule has 1 atom stereocenters. The Labute approximate surface area is 66.7 Å². The van der Waals surface area contributed by atoms with Crippen LogP contribution in [-0.4, -0.2) is 9.55 Å². The molecular formula is C7H12N2S. The van der Waals surface area contributed by atoms with Gasteiger partial charge in [0.25, 0.3) is 0 Å². The third kappa shape index (κ3) is 1.34. The molecule has 0 N–H and O–H groups in total. The van der Waals surface area contributed by atoms with E-state index >= 15 is 0 Å². The van der Waals surface area contributed by atoms with E-state index < -0.39 is 0 Å². The molecule has 1 heterocycles. The molecule has 1 aromatic heterocycles. The van der Waals surface area contributed by atoms with Gasteiger partial charge in [-0.1, -0.05) is 6.92 Å². The largest absolute Gasteiger partial charge is 0.323 e. The lowest BCUT2D eigenvalue weighted by Gasteiger charge is -2.08. The van der Waals surface area contributed by atoms with Crippen LogP contribution < -0.4 is 0 Å². The van der Waals surface area contributed by atoms with E-state index in [0.29, 0.717) is 0 Å². The van der Waals surface area contributed by atoms with Gasteiger partial charge < -0.3 is 4.57 Å². The number of hydrogen-bond donors (Lipinski definition) is 1. The van der Waals surface area contributed by atoms with Gasteiger partial charge in [-0.25, -0.2) is 4.98 Å². The van der Waals surface area contributed by atoms with Crippen molar-refractivity contribution in [3.63, 3.8) is 0 Å². The van der Waals surface area contributed by atoms with Gasteiger partial charge in [0.05, 0.1) is 5.37 Å². The second-order valence-corrected chi connectivity index (χ2v) is 2.98. The summed E-state index contributed by atoms with van der Waals surface area (Å²) in [6, 6.07) is 0. The van der Waals surface area contributed by atoms with E-state index in [9.17, 15) is 0 Å². The summed E-state index contributed by atoms with van der Waals surface area (Å²) in [6.45, 7) is 4.12. The van der Waals surface area contributed by atoms with Crippen LogP contribution in [0.3, 0.4) is 0 Å². The summed E-state index contributed by atoms with van der Waals surface area (Å²) in [5.41, 5.74) is 0. The molecule has 1 aromatic rings. The first-order chi connectivity index (χ1) is 4.75. The van der Waals surface area contributed by atoms with E-state index in [1.54, 1.807) is 0 Å². The maximum Gasteiger partial charge on any atom is 0.109 e. The van der Waals surface area contributed by atoms with E-state index in [-0.39, 0.29) is 5.37 Å². The zero-order valence-electron chi connectivity index (χ0n) is 6.28. The average Bonchev–Trinajstić information content (AvgIpc) is 2.33. The third-order valence-corrected chi connectivity index (χ3v) is 1.72. The topological polar surface area (TPSA) is 17.8 Å². The molecule has 0 aliphatic rings. The molecule has 1 unspecified atom stereocenters. The highest BCUT2D eigenvalue weighted by Crippen LogP contribution is 2.12. The lowest BCUT2D eigenvalue weighted by molar-refractivity contribution is 0.692. The van der Waals surface area contributed by atoms with Crippen LogP contribution in [0.25, 0.3) is 0 Å². The number of imidazole rings is 1. The predicted octanol–water partition coefficient (Wildman–Crippen LogP) is 1.89. The standard InChI is InChI=1S/C7H12N2S/c1-3-7-8-4-5-9(7)6(2)10/h4-6,10H,3H2,1-2H3. The van der Waals surface area contributed by atoms with Gasteiger partial charge in [-0.05, 0) is 6.92 Å². The first-order valence-electron chi connectivity index (χ1n) is 3.45. The smallest absolute Gasteiger partial charge is 0.109 e. The van der Waals surface area contributed by atoms with Gasteiger partial charge in [-0.3, -0.25) is 0 Å². The van der Waals surface area contributed by atoms with Crippen molar-refractivity contribution in [2.24, 2.45) is 0 Å². The van der Waals surface area contributed by atoms with Gasteiger partial charge in [0.15, 0.2) is 0 Å². The van der Waals surface area contributed by atoms with Gasteiger partial charge in [-0.2, -0.15) is 12.6 Å². The molecule has 0 aliphatic heterocycles. The predicted molar refractivity (Wildman–Crippen MR) is 45.3 cm³/mol. The molecule has 2 nitrogen and oxygen atoms in total. The molecule has 0 amide bonds. The van der Waals surface area contributed by atoms with Crippen LogP contribution in [0.4, 0.5) is 0 Å². The molecule has 0 aliphatic carbocycles. The van der Waals surface area contributed by atoms with Crippen LogP contribution in [0.1, 0.15) is 25.0 Å². The Hall–Kier alpha value is -0.440. The molecule has 0 fully saturated rings. The Balaban J connectivity index is 2.90. The summed E-state index contributed by atoms with van der Waals surface area (Å²) >= 11 is 4.30. The van der Waals surface area contributed by atoms with Crippen molar-refractivity contribution in [2.75, 3.05) is 0 Å². The highest BCUT2D eigenvalue weighted by molar-refractivity contribution is 7.80. The molecule has 0 radical (unpaired) electrons. The molecule has 56 valence electrons. The summed E-state index contributed by atoms with van der Waals surface area (Å²) in [5, 5.41) is 0.234. The first kappa shape index (κ1) is 7.66. The summed E-state index contributed by atoms with van der Waals surface area (Å²) < 4.78 is 2.06. The molecule has 3 heteroatoms. The van der Waals surface area contributed by atoms with Crippen LogP contribution in [0.2, 0.25) is 0 Å². The number of thiol groups is 1. The fourth-order valence-corrected chi connectivity index (χ4v) is 1.17. The van der Waals surface area contributed by atoms with Crippen LogP contribution in [0.15, 0.2) is 12.4 Å². The molecule has 1 rings (SSSR count). The van der Waals surface area contributed by atoms with Crippen molar-refractivity contribution in [3.8, 4) is 0 Å². The van der Waals surface area contributed by atoms with E-state index in [1.807, 2.05) is 19.3 Å². The van der Waals surface area contributed by atoms with Gasteiger partial charge in [0, 0.05) is 18.8 Å². The SMILES string of the molecule is CCc1nccn1C(C)S. The van der Waals surface area contributed by atoms with E-state index in [2.05, 4.69) is 29.1 Å². The Morgan fingerprint density at radius 1 is 1.80 bits per heavy atom. The Kier molecular flexibility index (Phi) is 2.38. The Morgan fingerprint density at radius 3 is 2.90 bits per heavy atom. The second kappa shape index (κ2) is 3.10. The lowest BCUT2D eigenvalue weighted by Crippen LogP contribution is -2.01. The van der Waals surface area contributed by atoms with Crippen molar-refractivity contribution >= 4 is 12.6 Å². The van der Waals surface area contributed by atoms with Crippen LogP contribution in [0.5, 0.6) is 0 Å². The molecular weight excluding hydrogens is 144 g/mol. The fourth-order valence-electron chi connectivity index (χ4n) is 0.958. The minimum absolute atomic E-state index is 0.234. The van der Waals surface area contributed by atoms with Gasteiger partial charge >= 0.3 is 0 Å². The van der Waals surface area contributed by atoms with E-state index in [1.165, 1.54) is 0 Å². The summed E-state index contributed by atoms with van der Waals surface area (Å²) in [5.74, 6) is 1.10. The molecule has 0 saturated heterocycles. The molecule has 10 heavy (non-hydrogen) atoms. The summed E-state index contributed by atoms with van der Waals surface area (Å²) in [6.07, 6.45) is 4.74.